The Hall–Kier alpha value is -0.990. The number of halogens is 1. The van der Waals surface area contributed by atoms with E-state index in [0.29, 0.717) is 42.8 Å². The topological polar surface area (TPSA) is 34.1 Å². The smallest absolute Gasteiger partial charge is 0.171 e. The second-order valence-electron chi connectivity index (χ2n) is 8.28. The summed E-state index contributed by atoms with van der Waals surface area (Å²) in [4.78, 5) is 23.1. The fourth-order valence-electron chi connectivity index (χ4n) is 6.39. The average molecular weight is 304 g/mol. The summed E-state index contributed by atoms with van der Waals surface area (Å²) in [5, 5.41) is 0. The highest BCUT2D eigenvalue weighted by molar-refractivity contribution is 5.91. The van der Waals surface area contributed by atoms with E-state index in [1.54, 1.807) is 0 Å². The Balaban J connectivity index is 1.65. The lowest BCUT2D eigenvalue weighted by Gasteiger charge is -2.54. The number of allylic oxidation sites excluding steroid dienone is 1. The number of alkyl halides is 1. The molecule has 3 heteroatoms. The van der Waals surface area contributed by atoms with Crippen molar-refractivity contribution in [3.63, 3.8) is 0 Å². The second kappa shape index (κ2) is 4.75. The van der Waals surface area contributed by atoms with Crippen LogP contribution in [0.1, 0.15) is 58.3 Å². The van der Waals surface area contributed by atoms with Gasteiger partial charge in [0.15, 0.2) is 17.7 Å². The zero-order chi connectivity index (χ0) is 15.5. The van der Waals surface area contributed by atoms with Crippen molar-refractivity contribution < 1.29 is 14.0 Å². The van der Waals surface area contributed by atoms with Gasteiger partial charge < -0.3 is 0 Å². The zero-order valence-corrected chi connectivity index (χ0v) is 13.3. The molecule has 0 heterocycles. The summed E-state index contributed by atoms with van der Waals surface area (Å²) in [6.45, 7) is 2.02. The standard InChI is InChI=1S/C19H25FO2/c1-18-8-6-15-14-5-3-13(22)10-12(14)2-4-16(15)17(18)7-9-19(18,20)11-21/h10-11,14-17H,2-9H2,1H3/t14-,15+,16+,17-,18-,19-/m0/s1. The molecule has 0 amide bonds. The molecule has 22 heavy (non-hydrogen) atoms. The Morgan fingerprint density at radius 3 is 2.73 bits per heavy atom. The molecular weight excluding hydrogens is 279 g/mol. The van der Waals surface area contributed by atoms with Gasteiger partial charge >= 0.3 is 0 Å². The number of aldehydes is 1. The normalized spacial score (nSPS) is 50.6. The maximum atomic E-state index is 15.1. The van der Waals surface area contributed by atoms with E-state index >= 15 is 4.39 Å². The van der Waals surface area contributed by atoms with Crippen LogP contribution in [0, 0.1) is 29.1 Å². The molecule has 0 spiro atoms. The van der Waals surface area contributed by atoms with Crippen LogP contribution in [-0.4, -0.2) is 17.7 Å². The van der Waals surface area contributed by atoms with Crippen LogP contribution in [-0.2, 0) is 9.59 Å². The number of carbonyl (C=O) groups excluding carboxylic acids is 2. The van der Waals surface area contributed by atoms with Crippen LogP contribution >= 0.6 is 0 Å². The molecule has 0 saturated heterocycles. The monoisotopic (exact) mass is 304 g/mol. The highest BCUT2D eigenvalue weighted by atomic mass is 19.1. The lowest BCUT2D eigenvalue weighted by molar-refractivity contribution is -0.132. The summed E-state index contributed by atoms with van der Waals surface area (Å²) in [5.41, 5.74) is -0.705. The van der Waals surface area contributed by atoms with Crippen molar-refractivity contribution in [2.24, 2.45) is 29.1 Å². The number of rotatable bonds is 1. The molecule has 120 valence electrons. The Labute approximate surface area is 131 Å². The van der Waals surface area contributed by atoms with E-state index in [1.807, 2.05) is 13.0 Å². The predicted molar refractivity (Wildman–Crippen MR) is 82.0 cm³/mol. The van der Waals surface area contributed by atoms with Crippen LogP contribution in [0.15, 0.2) is 11.6 Å². The van der Waals surface area contributed by atoms with Crippen LogP contribution in [0.3, 0.4) is 0 Å². The fraction of sp³-hybridized carbons (Fsp3) is 0.789. The van der Waals surface area contributed by atoms with Crippen molar-refractivity contribution in [3.05, 3.63) is 11.6 Å². The van der Waals surface area contributed by atoms with Gasteiger partial charge in [0, 0.05) is 11.8 Å². The molecule has 0 aromatic rings. The van der Waals surface area contributed by atoms with Gasteiger partial charge in [-0.1, -0.05) is 12.5 Å². The van der Waals surface area contributed by atoms with E-state index in [9.17, 15) is 9.59 Å². The highest BCUT2D eigenvalue weighted by Gasteiger charge is 2.63. The molecule has 0 aromatic carbocycles. The van der Waals surface area contributed by atoms with Crippen LogP contribution in [0.25, 0.3) is 0 Å². The minimum Gasteiger partial charge on any atom is -0.300 e. The quantitative estimate of drug-likeness (QED) is 0.685. The molecule has 4 aliphatic rings. The molecule has 0 aliphatic heterocycles. The number of carbonyl (C=O) groups is 2. The number of hydrogen-bond acceptors (Lipinski definition) is 2. The first kappa shape index (κ1) is 14.6. The van der Waals surface area contributed by atoms with Gasteiger partial charge in [0.25, 0.3) is 0 Å². The lowest BCUT2D eigenvalue weighted by Crippen LogP contribution is -2.51. The SMILES string of the molecule is C[C@]12CC[C@H]3[C@@H](CCC4=CC(=O)CC[C@@H]43)[C@@H]1CC[C@]2(F)C=O. The number of fused-ring (bicyclic) bond motifs is 5. The van der Waals surface area contributed by atoms with Crippen molar-refractivity contribution in [2.45, 2.75) is 64.0 Å². The van der Waals surface area contributed by atoms with Crippen LogP contribution < -0.4 is 0 Å². The summed E-state index contributed by atoms with van der Waals surface area (Å²) in [7, 11) is 0. The van der Waals surface area contributed by atoms with E-state index in [1.165, 1.54) is 5.57 Å². The van der Waals surface area contributed by atoms with Crippen molar-refractivity contribution in [1.29, 1.82) is 0 Å². The second-order valence-corrected chi connectivity index (χ2v) is 8.28. The third-order valence-corrected chi connectivity index (χ3v) is 7.65. The highest BCUT2D eigenvalue weighted by Crippen LogP contribution is 2.65. The third kappa shape index (κ3) is 1.77. The van der Waals surface area contributed by atoms with Crippen molar-refractivity contribution in [1.82, 2.24) is 0 Å². The summed E-state index contributed by atoms with van der Waals surface area (Å²) >= 11 is 0. The molecule has 4 rings (SSSR count). The van der Waals surface area contributed by atoms with Gasteiger partial charge in [-0.05, 0) is 74.7 Å². The van der Waals surface area contributed by atoms with Crippen molar-refractivity contribution >= 4 is 12.1 Å². The predicted octanol–water partition coefficient (Wildman–Crippen LogP) is 4.04. The average Bonchev–Trinajstić information content (AvgIpc) is 2.79. The summed E-state index contributed by atoms with van der Waals surface area (Å²) in [6, 6.07) is 0. The minimum absolute atomic E-state index is 0.287. The molecule has 3 fully saturated rings. The van der Waals surface area contributed by atoms with Gasteiger partial charge in [-0.3, -0.25) is 9.59 Å². The first-order chi connectivity index (χ1) is 10.5. The van der Waals surface area contributed by atoms with E-state index in [4.69, 9.17) is 0 Å². The van der Waals surface area contributed by atoms with Gasteiger partial charge in [0.2, 0.25) is 0 Å². The minimum atomic E-state index is -1.61. The molecule has 4 aliphatic carbocycles. The third-order valence-electron chi connectivity index (χ3n) is 7.65. The molecule has 0 aromatic heterocycles. The van der Waals surface area contributed by atoms with Gasteiger partial charge in [-0.25, -0.2) is 4.39 Å². The lowest BCUT2D eigenvalue weighted by atomic mass is 9.51. The Kier molecular flexibility index (Phi) is 3.15. The fourth-order valence-corrected chi connectivity index (χ4v) is 6.39. The van der Waals surface area contributed by atoms with Crippen molar-refractivity contribution in [2.75, 3.05) is 0 Å². The zero-order valence-electron chi connectivity index (χ0n) is 13.3. The van der Waals surface area contributed by atoms with E-state index < -0.39 is 11.1 Å². The largest absolute Gasteiger partial charge is 0.300 e. The Bertz CT molecular complexity index is 554. The molecule has 0 radical (unpaired) electrons. The maximum Gasteiger partial charge on any atom is 0.171 e. The van der Waals surface area contributed by atoms with E-state index in [0.717, 1.165) is 38.5 Å². The van der Waals surface area contributed by atoms with E-state index in [2.05, 4.69) is 0 Å². The molecule has 6 atom stereocenters. The molecule has 0 unspecified atom stereocenters. The van der Waals surface area contributed by atoms with Crippen LogP contribution in [0.2, 0.25) is 0 Å². The van der Waals surface area contributed by atoms with Gasteiger partial charge in [0.05, 0.1) is 0 Å². The summed E-state index contributed by atoms with van der Waals surface area (Å²) in [6.07, 6.45) is 9.37. The van der Waals surface area contributed by atoms with E-state index in [-0.39, 0.29) is 5.78 Å². The molecule has 0 N–H and O–H groups in total. The van der Waals surface area contributed by atoms with Crippen LogP contribution in [0.5, 0.6) is 0 Å². The molecule has 0 bridgehead atoms. The molecule has 3 saturated carbocycles. The number of ketones is 1. The van der Waals surface area contributed by atoms with Crippen LogP contribution in [0.4, 0.5) is 4.39 Å². The van der Waals surface area contributed by atoms with Gasteiger partial charge in [-0.15, -0.1) is 0 Å². The molecular formula is C19H25FO2. The maximum absolute atomic E-state index is 15.1. The Morgan fingerprint density at radius 1 is 1.14 bits per heavy atom. The van der Waals surface area contributed by atoms with Gasteiger partial charge in [-0.2, -0.15) is 0 Å². The number of hydrogen-bond donors (Lipinski definition) is 0. The first-order valence-electron chi connectivity index (χ1n) is 8.87. The summed E-state index contributed by atoms with van der Waals surface area (Å²) < 4.78 is 15.1. The summed E-state index contributed by atoms with van der Waals surface area (Å²) in [5.74, 6) is 2.34. The molecule has 2 nitrogen and oxygen atoms in total. The van der Waals surface area contributed by atoms with Gasteiger partial charge in [0.1, 0.15) is 0 Å². The first-order valence-corrected chi connectivity index (χ1v) is 8.87. The Morgan fingerprint density at radius 2 is 1.95 bits per heavy atom. The van der Waals surface area contributed by atoms with Crippen molar-refractivity contribution in [3.8, 4) is 0 Å².